The summed E-state index contributed by atoms with van der Waals surface area (Å²) >= 11 is 0. The van der Waals surface area contributed by atoms with E-state index in [0.29, 0.717) is 5.92 Å². The van der Waals surface area contributed by atoms with Crippen molar-refractivity contribution in [3.63, 3.8) is 0 Å². The average Bonchev–Trinajstić information content (AvgIpc) is 2.53. The third-order valence-corrected chi connectivity index (χ3v) is 4.72. The number of hydrogen-bond donors (Lipinski definition) is 0. The summed E-state index contributed by atoms with van der Waals surface area (Å²) in [6, 6.07) is 21.9. The fourth-order valence-corrected chi connectivity index (χ4v) is 3.10. The molecule has 0 aliphatic carbocycles. The van der Waals surface area contributed by atoms with Gasteiger partial charge in [0.1, 0.15) is 0 Å². The molecule has 0 saturated carbocycles. The van der Waals surface area contributed by atoms with Crippen LogP contribution in [0.4, 0.5) is 0 Å². The molecule has 0 heterocycles. The first-order chi connectivity index (χ1) is 9.69. The summed E-state index contributed by atoms with van der Waals surface area (Å²) < 4.78 is 0. The summed E-state index contributed by atoms with van der Waals surface area (Å²) in [5.74, 6) is 0.632. The normalized spacial score (nSPS) is 13.2. The predicted octanol–water partition coefficient (Wildman–Crippen LogP) is 5.82. The Bertz CT molecular complexity index is 459. The molecule has 0 N–H and O–H groups in total. The Balaban J connectivity index is 2.43. The quantitative estimate of drug-likeness (QED) is 0.618. The minimum absolute atomic E-state index is 0.0949. The van der Waals surface area contributed by atoms with E-state index in [9.17, 15) is 0 Å². The number of unbranched alkanes of at least 4 members (excludes halogenated alkanes) is 1. The van der Waals surface area contributed by atoms with Gasteiger partial charge in [0.05, 0.1) is 0 Å². The number of hydrogen-bond acceptors (Lipinski definition) is 0. The fraction of sp³-hybridized carbons (Fsp3) is 0.400. The molecule has 0 aliphatic rings. The van der Waals surface area contributed by atoms with E-state index in [2.05, 4.69) is 81.4 Å². The van der Waals surface area contributed by atoms with Gasteiger partial charge in [-0.05, 0) is 23.5 Å². The van der Waals surface area contributed by atoms with E-state index in [1.165, 1.54) is 30.4 Å². The Morgan fingerprint density at radius 2 is 1.30 bits per heavy atom. The highest BCUT2D eigenvalue weighted by atomic mass is 14.4. The van der Waals surface area contributed by atoms with E-state index in [4.69, 9.17) is 0 Å². The van der Waals surface area contributed by atoms with Crippen LogP contribution in [0, 0.1) is 5.92 Å². The van der Waals surface area contributed by atoms with Crippen molar-refractivity contribution in [2.75, 3.05) is 0 Å². The van der Waals surface area contributed by atoms with Crippen molar-refractivity contribution in [3.05, 3.63) is 71.8 Å². The van der Waals surface area contributed by atoms with E-state index < -0.39 is 0 Å². The van der Waals surface area contributed by atoms with Crippen LogP contribution in [-0.2, 0) is 5.41 Å². The minimum Gasteiger partial charge on any atom is -0.0654 e. The van der Waals surface area contributed by atoms with Crippen molar-refractivity contribution in [3.8, 4) is 0 Å². The van der Waals surface area contributed by atoms with Crippen LogP contribution in [0.25, 0.3) is 0 Å². The molecule has 1 unspecified atom stereocenters. The van der Waals surface area contributed by atoms with Crippen LogP contribution in [0.3, 0.4) is 0 Å². The molecule has 0 nitrogen and oxygen atoms in total. The van der Waals surface area contributed by atoms with Crippen LogP contribution >= 0.6 is 0 Å². The van der Waals surface area contributed by atoms with Gasteiger partial charge in [-0.1, -0.05) is 94.3 Å². The van der Waals surface area contributed by atoms with Gasteiger partial charge in [-0.15, -0.1) is 0 Å². The van der Waals surface area contributed by atoms with Gasteiger partial charge in [-0.25, -0.2) is 0 Å². The Kier molecular flexibility index (Phi) is 5.00. The molecule has 20 heavy (non-hydrogen) atoms. The smallest absolute Gasteiger partial charge is 0.0200 e. The molecule has 0 bridgehead atoms. The van der Waals surface area contributed by atoms with Gasteiger partial charge >= 0.3 is 0 Å². The van der Waals surface area contributed by atoms with Gasteiger partial charge in [0.15, 0.2) is 0 Å². The van der Waals surface area contributed by atoms with E-state index in [-0.39, 0.29) is 5.41 Å². The highest BCUT2D eigenvalue weighted by Crippen LogP contribution is 2.40. The maximum atomic E-state index is 2.40. The molecule has 0 heteroatoms. The lowest BCUT2D eigenvalue weighted by Gasteiger charge is -2.37. The molecule has 2 rings (SSSR count). The standard InChI is InChI=1S/C20H26/c1-4-5-12-17(2)20(3,18-13-8-6-9-14-18)19-15-10-7-11-16-19/h6-11,13-17H,4-5,12H2,1-3H3. The van der Waals surface area contributed by atoms with Gasteiger partial charge < -0.3 is 0 Å². The monoisotopic (exact) mass is 266 g/mol. The Morgan fingerprint density at radius 1 is 0.850 bits per heavy atom. The van der Waals surface area contributed by atoms with E-state index in [1.54, 1.807) is 0 Å². The van der Waals surface area contributed by atoms with Crippen LogP contribution in [0.15, 0.2) is 60.7 Å². The highest BCUT2D eigenvalue weighted by Gasteiger charge is 2.34. The topological polar surface area (TPSA) is 0 Å². The molecule has 0 spiro atoms. The van der Waals surface area contributed by atoms with Gasteiger partial charge in [0, 0.05) is 5.41 Å². The van der Waals surface area contributed by atoms with Gasteiger partial charge in [-0.3, -0.25) is 0 Å². The van der Waals surface area contributed by atoms with Crippen LogP contribution in [0.5, 0.6) is 0 Å². The van der Waals surface area contributed by atoms with E-state index >= 15 is 0 Å². The minimum atomic E-state index is 0.0949. The molecule has 2 aromatic rings. The van der Waals surface area contributed by atoms with Crippen molar-refractivity contribution in [2.45, 2.75) is 45.4 Å². The lowest BCUT2D eigenvalue weighted by atomic mass is 9.66. The van der Waals surface area contributed by atoms with Crippen molar-refractivity contribution < 1.29 is 0 Å². The lowest BCUT2D eigenvalue weighted by molar-refractivity contribution is 0.342. The van der Waals surface area contributed by atoms with Crippen LogP contribution < -0.4 is 0 Å². The van der Waals surface area contributed by atoms with Crippen LogP contribution in [0.2, 0.25) is 0 Å². The second-order valence-electron chi connectivity index (χ2n) is 5.98. The van der Waals surface area contributed by atoms with Crippen LogP contribution in [0.1, 0.15) is 51.2 Å². The molecule has 2 aromatic carbocycles. The third-order valence-electron chi connectivity index (χ3n) is 4.72. The molecule has 0 radical (unpaired) electrons. The van der Waals surface area contributed by atoms with E-state index in [0.717, 1.165) is 0 Å². The SMILES string of the molecule is CCCCC(C)C(C)(c1ccccc1)c1ccccc1. The van der Waals surface area contributed by atoms with Gasteiger partial charge in [0.25, 0.3) is 0 Å². The summed E-state index contributed by atoms with van der Waals surface area (Å²) in [7, 11) is 0. The molecule has 106 valence electrons. The summed E-state index contributed by atoms with van der Waals surface area (Å²) in [5.41, 5.74) is 2.95. The van der Waals surface area contributed by atoms with E-state index in [1.807, 2.05) is 0 Å². The van der Waals surface area contributed by atoms with Crippen LogP contribution in [-0.4, -0.2) is 0 Å². The predicted molar refractivity (Wildman–Crippen MR) is 88.0 cm³/mol. The zero-order chi connectivity index (χ0) is 14.4. The average molecular weight is 266 g/mol. The molecule has 0 aliphatic heterocycles. The summed E-state index contributed by atoms with van der Waals surface area (Å²) in [4.78, 5) is 0. The van der Waals surface area contributed by atoms with Crippen molar-refractivity contribution >= 4 is 0 Å². The largest absolute Gasteiger partial charge is 0.0654 e. The second-order valence-corrected chi connectivity index (χ2v) is 5.98. The first-order valence-corrected chi connectivity index (χ1v) is 7.80. The summed E-state index contributed by atoms with van der Waals surface area (Å²) in [5, 5.41) is 0. The lowest BCUT2D eigenvalue weighted by Crippen LogP contribution is -2.31. The molecular weight excluding hydrogens is 240 g/mol. The first-order valence-electron chi connectivity index (χ1n) is 7.80. The maximum Gasteiger partial charge on any atom is 0.0200 e. The number of benzene rings is 2. The number of rotatable bonds is 6. The molecule has 1 atom stereocenters. The highest BCUT2D eigenvalue weighted by molar-refractivity contribution is 5.39. The third kappa shape index (κ3) is 2.95. The summed E-state index contributed by atoms with van der Waals surface area (Å²) in [6.07, 6.45) is 3.84. The Labute approximate surface area is 123 Å². The zero-order valence-electron chi connectivity index (χ0n) is 13.0. The van der Waals surface area contributed by atoms with Crippen molar-refractivity contribution in [1.82, 2.24) is 0 Å². The zero-order valence-corrected chi connectivity index (χ0v) is 13.0. The Hall–Kier alpha value is -1.56. The van der Waals surface area contributed by atoms with Crippen molar-refractivity contribution in [2.24, 2.45) is 5.92 Å². The fourth-order valence-electron chi connectivity index (χ4n) is 3.10. The Morgan fingerprint density at radius 3 is 1.70 bits per heavy atom. The van der Waals surface area contributed by atoms with Gasteiger partial charge in [-0.2, -0.15) is 0 Å². The van der Waals surface area contributed by atoms with Gasteiger partial charge in [0.2, 0.25) is 0 Å². The molecule has 0 aromatic heterocycles. The summed E-state index contributed by atoms with van der Waals surface area (Å²) in [6.45, 7) is 7.07. The molecule has 0 fully saturated rings. The second kappa shape index (κ2) is 6.74. The molecular formula is C20H26. The molecule has 0 saturated heterocycles. The first kappa shape index (κ1) is 14.8. The maximum absolute atomic E-state index is 2.40. The van der Waals surface area contributed by atoms with Crippen molar-refractivity contribution in [1.29, 1.82) is 0 Å². The molecule has 0 amide bonds.